The van der Waals surface area contributed by atoms with Gasteiger partial charge in [-0.1, -0.05) is 18.2 Å². The number of furan rings is 1. The first kappa shape index (κ1) is 16.5. The monoisotopic (exact) mass is 389 g/mol. The van der Waals surface area contributed by atoms with Gasteiger partial charge in [0.2, 0.25) is 0 Å². The third-order valence-corrected chi connectivity index (χ3v) is 4.80. The quantitative estimate of drug-likeness (QED) is 0.616. The zero-order valence-electron chi connectivity index (χ0n) is 13.0. The van der Waals surface area contributed by atoms with E-state index in [4.69, 9.17) is 9.52 Å². The van der Waals surface area contributed by atoms with Crippen molar-refractivity contribution in [1.29, 1.82) is 0 Å². The number of carbonyl (C=O) groups is 1. The van der Waals surface area contributed by atoms with Crippen molar-refractivity contribution in [2.24, 2.45) is 0 Å². The van der Waals surface area contributed by atoms with Crippen LogP contribution < -0.4 is 5.32 Å². The van der Waals surface area contributed by atoms with Crippen LogP contribution in [0.25, 0.3) is 22.1 Å². The van der Waals surface area contributed by atoms with Gasteiger partial charge in [-0.2, -0.15) is 0 Å². The van der Waals surface area contributed by atoms with Gasteiger partial charge in [-0.15, -0.1) is 0 Å². The highest BCUT2D eigenvalue weighted by Crippen LogP contribution is 2.38. The van der Waals surface area contributed by atoms with Crippen LogP contribution in [0.1, 0.15) is 16.9 Å². The molecule has 0 aliphatic heterocycles. The topological polar surface area (TPSA) is 82.7 Å². The summed E-state index contributed by atoms with van der Waals surface area (Å²) in [6.07, 6.45) is -1.06. The minimum absolute atomic E-state index is 0.0696. The minimum atomic E-state index is -1.06. The van der Waals surface area contributed by atoms with E-state index in [0.29, 0.717) is 0 Å². The molecule has 0 bridgehead atoms. The van der Waals surface area contributed by atoms with Crippen molar-refractivity contribution in [3.63, 3.8) is 0 Å². The molecule has 1 aromatic heterocycles. The number of carboxylic acid groups (broad SMARTS) is 1. The predicted molar refractivity (Wildman–Crippen MR) is 94.9 cm³/mol. The van der Waals surface area contributed by atoms with Gasteiger partial charge in [0, 0.05) is 17.5 Å². The summed E-state index contributed by atoms with van der Waals surface area (Å²) in [6, 6.07) is 11.4. The number of aryl methyl sites for hydroxylation is 1. The summed E-state index contributed by atoms with van der Waals surface area (Å²) in [6.45, 7) is 2.03. The maximum Gasteiger partial charge on any atom is 0.404 e. The van der Waals surface area contributed by atoms with E-state index < -0.39 is 6.09 Å². The molecule has 124 valence electrons. The van der Waals surface area contributed by atoms with Crippen LogP contribution >= 0.6 is 15.9 Å². The molecule has 0 aliphatic rings. The molecule has 0 fully saturated rings. The average molecular weight is 390 g/mol. The van der Waals surface area contributed by atoms with Gasteiger partial charge in [-0.25, -0.2) is 4.79 Å². The van der Waals surface area contributed by atoms with Gasteiger partial charge in [0.1, 0.15) is 11.3 Å². The molecule has 0 saturated carbocycles. The van der Waals surface area contributed by atoms with Gasteiger partial charge < -0.3 is 19.9 Å². The Morgan fingerprint density at radius 2 is 2.04 bits per heavy atom. The molecular formula is C18H16BrNO4. The molecule has 1 heterocycles. The second kappa shape index (κ2) is 6.67. The predicted octanol–water partition coefficient (Wildman–Crippen LogP) is 4.43. The molecule has 5 nitrogen and oxygen atoms in total. The van der Waals surface area contributed by atoms with Gasteiger partial charge in [0.25, 0.3) is 0 Å². The van der Waals surface area contributed by atoms with Crippen LogP contribution in [0.5, 0.6) is 0 Å². The average Bonchev–Trinajstić information content (AvgIpc) is 2.87. The van der Waals surface area contributed by atoms with Crippen molar-refractivity contribution in [1.82, 2.24) is 5.32 Å². The zero-order chi connectivity index (χ0) is 17.3. The summed E-state index contributed by atoms with van der Waals surface area (Å²) in [5.74, 6) is 0.769. The van der Waals surface area contributed by atoms with Crippen LogP contribution in [0.3, 0.4) is 0 Å². The van der Waals surface area contributed by atoms with Gasteiger partial charge >= 0.3 is 6.09 Å². The lowest BCUT2D eigenvalue weighted by Gasteiger charge is -2.08. The normalized spacial score (nSPS) is 11.0. The summed E-state index contributed by atoms with van der Waals surface area (Å²) in [4.78, 5) is 10.7. The molecule has 0 spiro atoms. The van der Waals surface area contributed by atoms with Crippen molar-refractivity contribution in [2.45, 2.75) is 20.1 Å². The highest BCUT2D eigenvalue weighted by atomic mass is 79.9. The van der Waals surface area contributed by atoms with E-state index in [1.165, 1.54) is 0 Å². The SMILES string of the molecule is Cc1oc2c(-c3cccc(CNC(=O)O)c3)cc(CO)cc2c1Br. The number of hydrogen-bond acceptors (Lipinski definition) is 3. The van der Waals surface area contributed by atoms with Gasteiger partial charge in [-0.05, 0) is 57.7 Å². The van der Waals surface area contributed by atoms with Crippen molar-refractivity contribution in [2.75, 3.05) is 0 Å². The summed E-state index contributed by atoms with van der Waals surface area (Å²) < 4.78 is 6.76. The van der Waals surface area contributed by atoms with Crippen LogP contribution in [0, 0.1) is 6.92 Å². The number of aliphatic hydroxyl groups excluding tert-OH is 1. The Hall–Kier alpha value is -2.31. The highest BCUT2D eigenvalue weighted by Gasteiger charge is 2.15. The van der Waals surface area contributed by atoms with E-state index in [-0.39, 0.29) is 13.2 Å². The third-order valence-electron chi connectivity index (χ3n) is 3.81. The number of halogens is 1. The van der Waals surface area contributed by atoms with Crippen molar-refractivity contribution in [3.05, 3.63) is 57.8 Å². The van der Waals surface area contributed by atoms with E-state index in [1.54, 1.807) is 0 Å². The fourth-order valence-corrected chi connectivity index (χ4v) is 3.06. The van der Waals surface area contributed by atoms with Crippen molar-refractivity contribution in [3.8, 4) is 11.1 Å². The Bertz CT molecular complexity index is 917. The highest BCUT2D eigenvalue weighted by molar-refractivity contribution is 9.10. The second-order valence-electron chi connectivity index (χ2n) is 5.51. The number of fused-ring (bicyclic) bond motifs is 1. The standard InChI is InChI=1S/C18H16BrNO4/c1-10-16(19)15-7-12(9-21)6-14(17(15)24-10)13-4-2-3-11(5-13)8-20-18(22)23/h2-7,20-21H,8-9H2,1H3,(H,22,23). The largest absolute Gasteiger partial charge is 0.465 e. The summed E-state index contributed by atoms with van der Waals surface area (Å²) in [5.41, 5.74) is 4.14. The van der Waals surface area contributed by atoms with Gasteiger partial charge in [-0.3, -0.25) is 0 Å². The maximum atomic E-state index is 10.7. The third kappa shape index (κ3) is 3.16. The Kier molecular flexibility index (Phi) is 4.59. The molecule has 6 heteroatoms. The number of hydrogen-bond donors (Lipinski definition) is 3. The Labute approximate surface area is 147 Å². The molecule has 1 amide bonds. The molecular weight excluding hydrogens is 374 g/mol. The zero-order valence-corrected chi connectivity index (χ0v) is 14.6. The molecule has 0 atom stereocenters. The van der Waals surface area contributed by atoms with Gasteiger partial charge in [0.05, 0.1) is 11.1 Å². The maximum absolute atomic E-state index is 10.7. The number of rotatable bonds is 4. The van der Waals surface area contributed by atoms with Crippen LogP contribution in [-0.2, 0) is 13.2 Å². The summed E-state index contributed by atoms with van der Waals surface area (Å²) >= 11 is 3.53. The molecule has 0 radical (unpaired) electrons. The lowest BCUT2D eigenvalue weighted by molar-refractivity contribution is 0.194. The molecule has 2 aromatic carbocycles. The number of nitrogens with one attached hydrogen (secondary N) is 1. The van der Waals surface area contributed by atoms with Crippen LogP contribution in [0.15, 0.2) is 45.3 Å². The van der Waals surface area contributed by atoms with E-state index in [2.05, 4.69) is 21.2 Å². The number of benzene rings is 2. The molecule has 3 N–H and O–H groups in total. The molecule has 24 heavy (non-hydrogen) atoms. The first-order valence-corrected chi connectivity index (χ1v) is 8.17. The lowest BCUT2D eigenvalue weighted by atomic mass is 9.99. The molecule has 3 aromatic rings. The van der Waals surface area contributed by atoms with Crippen LogP contribution in [0.4, 0.5) is 4.79 Å². The lowest BCUT2D eigenvalue weighted by Crippen LogP contribution is -2.19. The molecule has 3 rings (SSSR count). The first-order chi connectivity index (χ1) is 11.5. The number of aliphatic hydroxyl groups is 1. The minimum Gasteiger partial charge on any atom is -0.465 e. The number of amides is 1. The molecule has 0 unspecified atom stereocenters. The van der Waals surface area contributed by atoms with E-state index in [1.807, 2.05) is 43.3 Å². The second-order valence-corrected chi connectivity index (χ2v) is 6.30. The van der Waals surface area contributed by atoms with Crippen molar-refractivity contribution < 1.29 is 19.4 Å². The van der Waals surface area contributed by atoms with E-state index in [0.717, 1.165) is 43.5 Å². The fourth-order valence-electron chi connectivity index (χ4n) is 2.68. The van der Waals surface area contributed by atoms with Crippen LogP contribution in [0.2, 0.25) is 0 Å². The summed E-state index contributed by atoms with van der Waals surface area (Å²) in [5, 5.41) is 21.6. The van der Waals surface area contributed by atoms with E-state index >= 15 is 0 Å². The van der Waals surface area contributed by atoms with Crippen molar-refractivity contribution >= 4 is 33.0 Å². The fraction of sp³-hybridized carbons (Fsp3) is 0.167. The Morgan fingerprint density at radius 1 is 1.25 bits per heavy atom. The Morgan fingerprint density at radius 3 is 2.75 bits per heavy atom. The Balaban J connectivity index is 2.13. The smallest absolute Gasteiger partial charge is 0.404 e. The van der Waals surface area contributed by atoms with E-state index in [9.17, 15) is 9.90 Å². The summed E-state index contributed by atoms with van der Waals surface area (Å²) in [7, 11) is 0. The van der Waals surface area contributed by atoms with Crippen LogP contribution in [-0.4, -0.2) is 16.3 Å². The molecule has 0 saturated heterocycles. The first-order valence-electron chi connectivity index (χ1n) is 7.38. The molecule has 0 aliphatic carbocycles. The van der Waals surface area contributed by atoms with Gasteiger partial charge in [0.15, 0.2) is 0 Å².